The number of halogens is 1. The molecule has 0 radical (unpaired) electrons. The monoisotopic (exact) mass is 293 g/mol. The van der Waals surface area contributed by atoms with Gasteiger partial charge in [-0.25, -0.2) is 9.18 Å². The van der Waals surface area contributed by atoms with Gasteiger partial charge >= 0.3 is 5.97 Å². The molecule has 0 spiro atoms. The highest BCUT2D eigenvalue weighted by Crippen LogP contribution is 2.09. The number of carbonyl (C=O) groups is 2. The molecule has 114 valence electrons. The molecule has 0 heterocycles. The Kier molecular flexibility index (Phi) is 6.59. The van der Waals surface area contributed by atoms with Crippen LogP contribution in [0, 0.1) is 5.82 Å². The molecule has 1 rings (SSSR count). The van der Waals surface area contributed by atoms with Crippen molar-refractivity contribution in [3.05, 3.63) is 47.3 Å². The van der Waals surface area contributed by atoms with E-state index in [0.29, 0.717) is 11.1 Å². The smallest absolute Gasteiger partial charge is 0.333 e. The molecule has 0 unspecified atom stereocenters. The van der Waals surface area contributed by atoms with E-state index in [-0.39, 0.29) is 24.9 Å². The second-order valence-electron chi connectivity index (χ2n) is 4.71. The molecule has 0 aromatic heterocycles. The van der Waals surface area contributed by atoms with Crippen LogP contribution in [0.4, 0.5) is 4.39 Å². The molecule has 1 aromatic rings. The van der Waals surface area contributed by atoms with Gasteiger partial charge in [0, 0.05) is 24.7 Å². The topological polar surface area (TPSA) is 46.6 Å². The van der Waals surface area contributed by atoms with Crippen LogP contribution in [0.2, 0.25) is 0 Å². The van der Waals surface area contributed by atoms with Gasteiger partial charge in [0.25, 0.3) is 5.91 Å². The first-order chi connectivity index (χ1) is 9.95. The van der Waals surface area contributed by atoms with Gasteiger partial charge in [-0.3, -0.25) is 4.79 Å². The summed E-state index contributed by atoms with van der Waals surface area (Å²) in [4.78, 5) is 24.7. The van der Waals surface area contributed by atoms with E-state index in [0.717, 1.165) is 6.42 Å². The maximum absolute atomic E-state index is 13.5. The van der Waals surface area contributed by atoms with Crippen LogP contribution >= 0.6 is 0 Å². The van der Waals surface area contributed by atoms with Gasteiger partial charge in [0.2, 0.25) is 0 Å². The maximum atomic E-state index is 13.5. The Morgan fingerprint density at radius 1 is 1.33 bits per heavy atom. The molecular weight excluding hydrogens is 273 g/mol. The third-order valence-electron chi connectivity index (χ3n) is 2.95. The van der Waals surface area contributed by atoms with Crippen molar-refractivity contribution < 1.29 is 18.7 Å². The zero-order chi connectivity index (χ0) is 15.8. The SMILES string of the molecule is CC/C=C(/C)C(=O)OCC(=O)N(C)Cc1ccccc1F. The summed E-state index contributed by atoms with van der Waals surface area (Å²) in [7, 11) is 1.54. The van der Waals surface area contributed by atoms with Gasteiger partial charge in [0.15, 0.2) is 6.61 Å². The van der Waals surface area contributed by atoms with Crippen LogP contribution in [-0.4, -0.2) is 30.4 Å². The Labute approximate surface area is 124 Å². The zero-order valence-corrected chi connectivity index (χ0v) is 12.6. The second-order valence-corrected chi connectivity index (χ2v) is 4.71. The predicted octanol–water partition coefficient (Wildman–Crippen LogP) is 2.68. The predicted molar refractivity (Wildman–Crippen MR) is 77.9 cm³/mol. The number of carbonyl (C=O) groups excluding carboxylic acids is 2. The number of esters is 1. The van der Waals surface area contributed by atoms with Crippen LogP contribution in [0.3, 0.4) is 0 Å². The van der Waals surface area contributed by atoms with Gasteiger partial charge in [0.05, 0.1) is 0 Å². The van der Waals surface area contributed by atoms with E-state index in [1.807, 2.05) is 6.92 Å². The number of rotatable bonds is 6. The van der Waals surface area contributed by atoms with Crippen molar-refractivity contribution in [3.8, 4) is 0 Å². The number of allylic oxidation sites excluding steroid dienone is 1. The first-order valence-corrected chi connectivity index (χ1v) is 6.77. The molecule has 0 saturated heterocycles. The van der Waals surface area contributed by atoms with Gasteiger partial charge < -0.3 is 9.64 Å². The van der Waals surface area contributed by atoms with Crippen LogP contribution in [0.5, 0.6) is 0 Å². The van der Waals surface area contributed by atoms with Gasteiger partial charge in [-0.1, -0.05) is 31.2 Å². The standard InChI is InChI=1S/C16H20FNO3/c1-4-7-12(2)16(20)21-11-15(19)18(3)10-13-8-5-6-9-14(13)17/h5-9H,4,10-11H2,1-3H3/b12-7-. The summed E-state index contributed by atoms with van der Waals surface area (Å²) < 4.78 is 18.4. The Morgan fingerprint density at radius 3 is 2.62 bits per heavy atom. The zero-order valence-electron chi connectivity index (χ0n) is 12.6. The van der Waals surface area contributed by atoms with Crippen LogP contribution in [0.1, 0.15) is 25.8 Å². The van der Waals surface area contributed by atoms with Gasteiger partial charge in [-0.2, -0.15) is 0 Å². The van der Waals surface area contributed by atoms with Crippen molar-refractivity contribution in [3.63, 3.8) is 0 Å². The van der Waals surface area contributed by atoms with E-state index in [9.17, 15) is 14.0 Å². The minimum absolute atomic E-state index is 0.132. The van der Waals surface area contributed by atoms with E-state index >= 15 is 0 Å². The second kappa shape index (κ2) is 8.19. The van der Waals surface area contributed by atoms with Gasteiger partial charge in [0.1, 0.15) is 5.82 Å². The summed E-state index contributed by atoms with van der Waals surface area (Å²) in [5.74, 6) is -1.25. The third kappa shape index (κ3) is 5.38. The molecule has 1 aromatic carbocycles. The van der Waals surface area contributed by atoms with E-state index in [1.54, 1.807) is 31.2 Å². The third-order valence-corrected chi connectivity index (χ3v) is 2.95. The molecule has 0 aliphatic heterocycles. The summed E-state index contributed by atoms with van der Waals surface area (Å²) in [6.07, 6.45) is 2.46. The van der Waals surface area contributed by atoms with Crippen LogP contribution < -0.4 is 0 Å². The number of ether oxygens (including phenoxy) is 1. The fraction of sp³-hybridized carbons (Fsp3) is 0.375. The lowest BCUT2D eigenvalue weighted by atomic mass is 10.2. The first kappa shape index (κ1) is 16.9. The molecule has 0 N–H and O–H groups in total. The largest absolute Gasteiger partial charge is 0.452 e. The van der Waals surface area contributed by atoms with Gasteiger partial charge in [-0.15, -0.1) is 0 Å². The van der Waals surface area contributed by atoms with E-state index in [4.69, 9.17) is 4.74 Å². The number of hydrogen-bond acceptors (Lipinski definition) is 3. The molecule has 21 heavy (non-hydrogen) atoms. The minimum atomic E-state index is -0.510. The van der Waals surface area contributed by atoms with Crippen molar-refractivity contribution in [1.29, 1.82) is 0 Å². The van der Waals surface area contributed by atoms with Crippen LogP contribution in [0.15, 0.2) is 35.9 Å². The fourth-order valence-corrected chi connectivity index (χ4v) is 1.71. The molecular formula is C16H20FNO3. The van der Waals surface area contributed by atoms with Crippen LogP contribution in [-0.2, 0) is 20.9 Å². The quantitative estimate of drug-likeness (QED) is 0.598. The number of amides is 1. The average molecular weight is 293 g/mol. The number of nitrogens with zero attached hydrogens (tertiary/aromatic N) is 1. The van der Waals surface area contributed by atoms with E-state index < -0.39 is 5.97 Å². The highest BCUT2D eigenvalue weighted by molar-refractivity contribution is 5.89. The summed E-state index contributed by atoms with van der Waals surface area (Å²) in [6.45, 7) is 3.33. The highest BCUT2D eigenvalue weighted by Gasteiger charge is 2.14. The first-order valence-electron chi connectivity index (χ1n) is 6.77. The molecule has 1 amide bonds. The van der Waals surface area contributed by atoms with Crippen molar-refractivity contribution in [2.75, 3.05) is 13.7 Å². The summed E-state index contributed by atoms with van der Waals surface area (Å²) in [6, 6.07) is 6.24. The van der Waals surface area contributed by atoms with E-state index in [1.165, 1.54) is 18.0 Å². The number of benzene rings is 1. The molecule has 5 heteroatoms. The molecule has 4 nitrogen and oxygen atoms in total. The minimum Gasteiger partial charge on any atom is -0.452 e. The summed E-state index contributed by atoms with van der Waals surface area (Å²) >= 11 is 0. The Balaban J connectivity index is 2.51. The van der Waals surface area contributed by atoms with Crippen molar-refractivity contribution in [2.45, 2.75) is 26.8 Å². The number of hydrogen-bond donors (Lipinski definition) is 0. The molecule has 0 atom stereocenters. The normalized spacial score (nSPS) is 11.1. The van der Waals surface area contributed by atoms with E-state index in [2.05, 4.69) is 0 Å². The Hall–Kier alpha value is -2.17. The van der Waals surface area contributed by atoms with Crippen molar-refractivity contribution in [2.24, 2.45) is 0 Å². The average Bonchev–Trinajstić information content (AvgIpc) is 2.46. The van der Waals surface area contributed by atoms with Gasteiger partial charge in [-0.05, 0) is 19.4 Å². The van der Waals surface area contributed by atoms with Crippen molar-refractivity contribution >= 4 is 11.9 Å². The Bertz CT molecular complexity index is 540. The lowest BCUT2D eigenvalue weighted by Gasteiger charge is -2.17. The highest BCUT2D eigenvalue weighted by atomic mass is 19.1. The molecule has 0 bridgehead atoms. The summed E-state index contributed by atoms with van der Waals surface area (Å²) in [5.41, 5.74) is 0.892. The fourth-order valence-electron chi connectivity index (χ4n) is 1.71. The lowest BCUT2D eigenvalue weighted by molar-refractivity contribution is -0.148. The Morgan fingerprint density at radius 2 is 2.00 bits per heavy atom. The lowest BCUT2D eigenvalue weighted by Crippen LogP contribution is -2.31. The number of likely N-dealkylation sites (N-methyl/N-ethyl adjacent to an activating group) is 1. The summed E-state index contributed by atoms with van der Waals surface area (Å²) in [5, 5.41) is 0. The van der Waals surface area contributed by atoms with Crippen molar-refractivity contribution in [1.82, 2.24) is 4.90 Å². The maximum Gasteiger partial charge on any atom is 0.333 e. The molecule has 0 fully saturated rings. The molecule has 0 saturated carbocycles. The molecule has 0 aliphatic carbocycles. The molecule has 0 aliphatic rings. The van der Waals surface area contributed by atoms with Crippen LogP contribution in [0.25, 0.3) is 0 Å².